The summed E-state index contributed by atoms with van der Waals surface area (Å²) in [5.41, 5.74) is 1.94. The second-order valence-electron chi connectivity index (χ2n) is 3.87. The lowest BCUT2D eigenvalue weighted by atomic mass is 10.2. The molecule has 2 heterocycles. The van der Waals surface area contributed by atoms with Gasteiger partial charge in [-0.3, -0.25) is 10.1 Å². The largest absolute Gasteiger partial charge is 0.478 e. The van der Waals surface area contributed by atoms with Crippen molar-refractivity contribution in [3.63, 3.8) is 0 Å². The molecule has 0 fully saturated rings. The first-order valence-corrected chi connectivity index (χ1v) is 6.37. The molecule has 2 aromatic heterocycles. The van der Waals surface area contributed by atoms with Crippen LogP contribution in [-0.2, 0) is 6.54 Å². The van der Waals surface area contributed by atoms with Crippen LogP contribution in [0.2, 0.25) is 0 Å². The predicted octanol–water partition coefficient (Wildman–Crippen LogP) is 2.07. The molecule has 0 saturated carbocycles. The summed E-state index contributed by atoms with van der Waals surface area (Å²) in [7, 11) is 0. The number of rotatable bonds is 5. The van der Waals surface area contributed by atoms with Crippen LogP contribution in [0.1, 0.15) is 20.9 Å². The average molecular weight is 294 g/mol. The Bertz CT molecular complexity index is 670. The van der Waals surface area contributed by atoms with Gasteiger partial charge in [-0.1, -0.05) is 0 Å². The van der Waals surface area contributed by atoms with E-state index in [0.29, 0.717) is 6.54 Å². The van der Waals surface area contributed by atoms with E-state index >= 15 is 0 Å². The summed E-state index contributed by atoms with van der Waals surface area (Å²) in [4.78, 5) is 29.9. The minimum Gasteiger partial charge on any atom is -0.478 e. The Hall–Kier alpha value is -2.55. The lowest BCUT2D eigenvalue weighted by Gasteiger charge is -2.07. The van der Waals surface area contributed by atoms with Gasteiger partial charge in [-0.2, -0.15) is 0 Å². The number of nitro groups is 1. The Morgan fingerprint density at radius 3 is 2.85 bits per heavy atom. The van der Waals surface area contributed by atoms with Crippen molar-refractivity contribution in [1.82, 2.24) is 9.97 Å². The number of carbonyl (C=O) groups is 1. The Morgan fingerprint density at radius 1 is 1.55 bits per heavy atom. The van der Waals surface area contributed by atoms with Gasteiger partial charge in [-0.25, -0.2) is 14.8 Å². The van der Waals surface area contributed by atoms with Gasteiger partial charge in [0.1, 0.15) is 17.6 Å². The molecule has 0 amide bonds. The van der Waals surface area contributed by atoms with Crippen molar-refractivity contribution in [2.75, 3.05) is 5.32 Å². The molecule has 0 atom stereocenters. The first kappa shape index (κ1) is 13.9. The summed E-state index contributed by atoms with van der Waals surface area (Å²) >= 11 is 1.43. The first-order chi connectivity index (χ1) is 9.49. The van der Waals surface area contributed by atoms with Crippen molar-refractivity contribution in [3.8, 4) is 0 Å². The zero-order valence-electron chi connectivity index (χ0n) is 10.4. The van der Waals surface area contributed by atoms with Crippen molar-refractivity contribution in [2.45, 2.75) is 13.5 Å². The number of carboxylic acids is 1. The van der Waals surface area contributed by atoms with Crippen LogP contribution in [-0.4, -0.2) is 26.0 Å². The third kappa shape index (κ3) is 2.88. The molecule has 8 nitrogen and oxygen atoms in total. The summed E-state index contributed by atoms with van der Waals surface area (Å²) < 4.78 is 0. The molecule has 0 saturated heterocycles. The van der Waals surface area contributed by atoms with E-state index in [-0.39, 0.29) is 17.1 Å². The summed E-state index contributed by atoms with van der Waals surface area (Å²) in [6.07, 6.45) is 1.02. The molecule has 0 aliphatic carbocycles. The van der Waals surface area contributed by atoms with E-state index in [9.17, 15) is 14.9 Å². The number of carboxylic acid groups (broad SMARTS) is 1. The van der Waals surface area contributed by atoms with Crippen LogP contribution in [0, 0.1) is 17.0 Å². The monoisotopic (exact) mass is 294 g/mol. The topological polar surface area (TPSA) is 118 Å². The number of pyridine rings is 1. The number of hydrogen-bond acceptors (Lipinski definition) is 7. The van der Waals surface area contributed by atoms with E-state index in [2.05, 4.69) is 15.3 Å². The van der Waals surface area contributed by atoms with E-state index in [0.717, 1.165) is 22.8 Å². The summed E-state index contributed by atoms with van der Waals surface area (Å²) in [5.74, 6) is -1.18. The number of hydrogen-bond donors (Lipinski definition) is 2. The molecule has 2 rings (SSSR count). The number of thiazole rings is 1. The second-order valence-corrected chi connectivity index (χ2v) is 4.81. The summed E-state index contributed by atoms with van der Waals surface area (Å²) in [5, 5.41) is 22.6. The molecule has 0 aliphatic rings. The van der Waals surface area contributed by atoms with Crippen molar-refractivity contribution >= 4 is 28.8 Å². The molecule has 0 bridgehead atoms. The van der Waals surface area contributed by atoms with Crippen LogP contribution in [0.4, 0.5) is 11.5 Å². The zero-order valence-corrected chi connectivity index (χ0v) is 11.2. The normalized spacial score (nSPS) is 10.2. The van der Waals surface area contributed by atoms with Gasteiger partial charge in [-0.15, -0.1) is 11.3 Å². The maximum atomic E-state index is 11.1. The Balaban J connectivity index is 2.25. The lowest BCUT2D eigenvalue weighted by molar-refractivity contribution is -0.385. The standard InChI is InChI=1S/C11H10N4O4S/c1-6-9(20-5-14-6)4-13-10-8(11(16)17)2-7(3-12-10)15(18)19/h2-3,5H,4H2,1H3,(H,12,13)(H,16,17). The molecule has 0 radical (unpaired) electrons. The van der Waals surface area contributed by atoms with E-state index in [1.165, 1.54) is 11.3 Å². The van der Waals surface area contributed by atoms with Gasteiger partial charge >= 0.3 is 5.97 Å². The fourth-order valence-corrected chi connectivity index (χ4v) is 2.23. The predicted molar refractivity (Wildman–Crippen MR) is 72.0 cm³/mol. The molecule has 20 heavy (non-hydrogen) atoms. The quantitative estimate of drug-likeness (QED) is 0.640. The Kier molecular flexibility index (Phi) is 3.89. The van der Waals surface area contributed by atoms with Crippen LogP contribution in [0.3, 0.4) is 0 Å². The lowest BCUT2D eigenvalue weighted by Crippen LogP contribution is -2.09. The zero-order chi connectivity index (χ0) is 14.7. The third-order valence-electron chi connectivity index (χ3n) is 2.58. The van der Waals surface area contributed by atoms with Crippen molar-refractivity contribution in [1.29, 1.82) is 0 Å². The number of aryl methyl sites for hydroxylation is 1. The molecular formula is C11H10N4O4S. The Labute approximate surface area is 117 Å². The van der Waals surface area contributed by atoms with E-state index in [1.54, 1.807) is 5.51 Å². The van der Waals surface area contributed by atoms with Gasteiger partial charge in [0.05, 0.1) is 22.7 Å². The highest BCUT2D eigenvalue weighted by atomic mass is 32.1. The van der Waals surface area contributed by atoms with Gasteiger partial charge in [0, 0.05) is 10.9 Å². The highest BCUT2D eigenvalue weighted by Crippen LogP contribution is 2.21. The smallest absolute Gasteiger partial charge is 0.339 e. The van der Waals surface area contributed by atoms with E-state index in [1.807, 2.05) is 6.92 Å². The first-order valence-electron chi connectivity index (χ1n) is 5.49. The number of nitrogens with zero attached hydrogens (tertiary/aromatic N) is 3. The van der Waals surface area contributed by atoms with Gasteiger partial charge in [0.2, 0.25) is 0 Å². The van der Waals surface area contributed by atoms with Crippen molar-refractivity contribution in [2.24, 2.45) is 0 Å². The maximum Gasteiger partial charge on any atom is 0.339 e. The molecule has 0 unspecified atom stereocenters. The van der Waals surface area contributed by atoms with Gasteiger partial charge < -0.3 is 10.4 Å². The maximum absolute atomic E-state index is 11.1. The van der Waals surface area contributed by atoms with Gasteiger partial charge in [0.25, 0.3) is 5.69 Å². The number of nitrogens with one attached hydrogen (secondary N) is 1. The number of aromatic nitrogens is 2. The molecule has 0 spiro atoms. The van der Waals surface area contributed by atoms with Crippen LogP contribution < -0.4 is 5.32 Å². The van der Waals surface area contributed by atoms with Crippen LogP contribution in [0.15, 0.2) is 17.8 Å². The van der Waals surface area contributed by atoms with Crippen molar-refractivity contribution in [3.05, 3.63) is 44.0 Å². The molecule has 104 valence electrons. The van der Waals surface area contributed by atoms with Gasteiger partial charge in [0.15, 0.2) is 0 Å². The summed E-state index contributed by atoms with van der Waals surface area (Å²) in [6.45, 7) is 2.20. The van der Waals surface area contributed by atoms with Crippen molar-refractivity contribution < 1.29 is 14.8 Å². The van der Waals surface area contributed by atoms with Crippen LogP contribution in [0.5, 0.6) is 0 Å². The van der Waals surface area contributed by atoms with Crippen LogP contribution >= 0.6 is 11.3 Å². The second kappa shape index (κ2) is 5.61. The minimum absolute atomic E-state index is 0.0934. The summed E-state index contributed by atoms with van der Waals surface area (Å²) in [6, 6.07) is 0.983. The molecular weight excluding hydrogens is 284 g/mol. The van der Waals surface area contributed by atoms with E-state index in [4.69, 9.17) is 5.11 Å². The Morgan fingerprint density at radius 2 is 2.30 bits per heavy atom. The molecule has 0 aliphatic heterocycles. The molecule has 2 aromatic rings. The fraction of sp³-hybridized carbons (Fsp3) is 0.182. The number of anilines is 1. The average Bonchev–Trinajstić information content (AvgIpc) is 2.81. The highest BCUT2D eigenvalue weighted by Gasteiger charge is 2.17. The molecule has 2 N–H and O–H groups in total. The van der Waals surface area contributed by atoms with Crippen LogP contribution in [0.25, 0.3) is 0 Å². The van der Waals surface area contributed by atoms with E-state index < -0.39 is 10.9 Å². The molecule has 0 aromatic carbocycles. The van der Waals surface area contributed by atoms with Gasteiger partial charge in [-0.05, 0) is 6.92 Å². The molecule has 9 heteroatoms. The highest BCUT2D eigenvalue weighted by molar-refractivity contribution is 7.09. The fourth-order valence-electron chi connectivity index (χ4n) is 1.52. The minimum atomic E-state index is -1.27. The number of aromatic carboxylic acids is 1. The SMILES string of the molecule is Cc1ncsc1CNc1ncc([N+](=O)[O-])cc1C(=O)O. The third-order valence-corrected chi connectivity index (χ3v) is 3.51.